The Labute approximate surface area is 132 Å². The van der Waals surface area contributed by atoms with Crippen LogP contribution in [0.3, 0.4) is 0 Å². The molecule has 0 fully saturated rings. The standard InChI is InChI=1S/C15H10F5N3O/c1-7-2-3-12(24-7)9-4-8(16)5-10(17)13(9)23-14(15(18,19)20)11(21)6-22-23/h2-6H,21H2,1H3. The number of furan rings is 1. The van der Waals surface area contributed by atoms with E-state index in [0.717, 1.165) is 12.3 Å². The van der Waals surface area contributed by atoms with Gasteiger partial charge in [0.2, 0.25) is 0 Å². The number of hydrogen-bond acceptors (Lipinski definition) is 3. The number of hydrogen-bond donors (Lipinski definition) is 1. The fourth-order valence-corrected chi connectivity index (χ4v) is 2.36. The molecule has 0 aliphatic carbocycles. The molecule has 0 aliphatic rings. The first-order chi connectivity index (χ1) is 11.2. The van der Waals surface area contributed by atoms with Gasteiger partial charge in [-0.1, -0.05) is 0 Å². The van der Waals surface area contributed by atoms with Crippen molar-refractivity contribution in [3.8, 4) is 17.0 Å². The highest BCUT2D eigenvalue weighted by Crippen LogP contribution is 2.38. The molecule has 1 aromatic carbocycles. The molecule has 24 heavy (non-hydrogen) atoms. The summed E-state index contributed by atoms with van der Waals surface area (Å²) in [6, 6.07) is 4.25. The van der Waals surface area contributed by atoms with Crippen LogP contribution < -0.4 is 5.73 Å². The minimum atomic E-state index is -4.88. The summed E-state index contributed by atoms with van der Waals surface area (Å²) in [5.41, 5.74) is 2.48. The van der Waals surface area contributed by atoms with Gasteiger partial charge >= 0.3 is 6.18 Å². The molecule has 0 saturated carbocycles. The second-order valence-corrected chi connectivity index (χ2v) is 5.05. The molecule has 0 radical (unpaired) electrons. The van der Waals surface area contributed by atoms with Gasteiger partial charge in [-0.05, 0) is 25.1 Å². The average molecular weight is 343 g/mol. The molecule has 0 saturated heterocycles. The van der Waals surface area contributed by atoms with Crippen molar-refractivity contribution in [2.45, 2.75) is 13.1 Å². The molecule has 4 nitrogen and oxygen atoms in total. The molecule has 2 heterocycles. The third-order valence-electron chi connectivity index (χ3n) is 3.31. The van der Waals surface area contributed by atoms with Gasteiger partial charge in [-0.3, -0.25) is 0 Å². The molecule has 0 unspecified atom stereocenters. The summed E-state index contributed by atoms with van der Waals surface area (Å²) in [5.74, 6) is -1.76. The lowest BCUT2D eigenvalue weighted by molar-refractivity contribution is -0.142. The Morgan fingerprint density at radius 1 is 1.17 bits per heavy atom. The number of nitrogens with zero attached hydrogens (tertiary/aromatic N) is 2. The molecule has 3 aromatic rings. The number of rotatable bonds is 2. The van der Waals surface area contributed by atoms with Crippen LogP contribution in [0.1, 0.15) is 11.5 Å². The molecule has 2 N–H and O–H groups in total. The smallest absolute Gasteiger partial charge is 0.435 e. The fraction of sp³-hybridized carbons (Fsp3) is 0.133. The Balaban J connectivity index is 2.34. The third kappa shape index (κ3) is 2.61. The maximum Gasteiger partial charge on any atom is 0.435 e. The van der Waals surface area contributed by atoms with E-state index in [2.05, 4.69) is 5.10 Å². The van der Waals surface area contributed by atoms with E-state index >= 15 is 0 Å². The van der Waals surface area contributed by atoms with Crippen LogP contribution in [0.25, 0.3) is 17.0 Å². The molecule has 0 aliphatic heterocycles. The molecule has 3 rings (SSSR count). The molecule has 0 bridgehead atoms. The highest BCUT2D eigenvalue weighted by Gasteiger charge is 2.39. The van der Waals surface area contributed by atoms with Crippen LogP contribution in [0, 0.1) is 18.6 Å². The van der Waals surface area contributed by atoms with Gasteiger partial charge in [-0.15, -0.1) is 0 Å². The van der Waals surface area contributed by atoms with Crippen LogP contribution >= 0.6 is 0 Å². The van der Waals surface area contributed by atoms with Gasteiger partial charge < -0.3 is 10.2 Å². The molecule has 0 amide bonds. The highest BCUT2D eigenvalue weighted by atomic mass is 19.4. The quantitative estimate of drug-likeness (QED) is 0.705. The molecule has 126 valence electrons. The van der Waals surface area contributed by atoms with Crippen molar-refractivity contribution in [3.63, 3.8) is 0 Å². The number of anilines is 1. The zero-order valence-corrected chi connectivity index (χ0v) is 12.2. The number of benzene rings is 1. The summed E-state index contributed by atoms with van der Waals surface area (Å²) in [6.45, 7) is 1.59. The normalized spacial score (nSPS) is 11.9. The predicted octanol–water partition coefficient (Wildman–Crippen LogP) is 4.32. The Morgan fingerprint density at radius 3 is 2.46 bits per heavy atom. The summed E-state index contributed by atoms with van der Waals surface area (Å²) >= 11 is 0. The first-order valence-electron chi connectivity index (χ1n) is 6.65. The largest absolute Gasteiger partial charge is 0.461 e. The van der Waals surface area contributed by atoms with Crippen molar-refractivity contribution < 1.29 is 26.4 Å². The van der Waals surface area contributed by atoms with E-state index in [-0.39, 0.29) is 11.3 Å². The first kappa shape index (κ1) is 16.0. The zero-order chi connectivity index (χ0) is 17.6. The predicted molar refractivity (Wildman–Crippen MR) is 75.3 cm³/mol. The van der Waals surface area contributed by atoms with Crippen LogP contribution in [-0.2, 0) is 6.18 Å². The van der Waals surface area contributed by atoms with E-state index in [1.165, 1.54) is 12.1 Å². The van der Waals surface area contributed by atoms with E-state index < -0.39 is 34.9 Å². The van der Waals surface area contributed by atoms with Gasteiger partial charge in [0.05, 0.1) is 11.9 Å². The second kappa shape index (κ2) is 5.36. The number of nitrogen functional groups attached to an aromatic ring is 1. The van der Waals surface area contributed by atoms with Gasteiger partial charge in [0, 0.05) is 11.6 Å². The number of aryl methyl sites for hydroxylation is 1. The van der Waals surface area contributed by atoms with Crippen molar-refractivity contribution in [1.82, 2.24) is 9.78 Å². The van der Waals surface area contributed by atoms with Crippen molar-refractivity contribution in [3.05, 3.63) is 53.6 Å². The van der Waals surface area contributed by atoms with E-state index in [9.17, 15) is 22.0 Å². The summed E-state index contributed by atoms with van der Waals surface area (Å²) in [7, 11) is 0. The van der Waals surface area contributed by atoms with E-state index in [0.29, 0.717) is 16.5 Å². The monoisotopic (exact) mass is 343 g/mol. The summed E-state index contributed by atoms with van der Waals surface area (Å²) in [5, 5.41) is 3.50. The van der Waals surface area contributed by atoms with E-state index in [4.69, 9.17) is 10.2 Å². The van der Waals surface area contributed by atoms with Crippen LogP contribution in [-0.4, -0.2) is 9.78 Å². The van der Waals surface area contributed by atoms with Gasteiger partial charge in [0.25, 0.3) is 0 Å². The van der Waals surface area contributed by atoms with Crippen LogP contribution in [0.15, 0.2) is 34.9 Å². The fourth-order valence-electron chi connectivity index (χ4n) is 2.36. The first-order valence-corrected chi connectivity index (χ1v) is 6.65. The Kier molecular flexibility index (Phi) is 3.58. The molecular formula is C15H10F5N3O. The highest BCUT2D eigenvalue weighted by molar-refractivity contribution is 5.70. The second-order valence-electron chi connectivity index (χ2n) is 5.05. The average Bonchev–Trinajstić information content (AvgIpc) is 3.03. The minimum Gasteiger partial charge on any atom is -0.461 e. The van der Waals surface area contributed by atoms with E-state index in [1.54, 1.807) is 6.92 Å². The SMILES string of the molecule is Cc1ccc(-c2cc(F)cc(F)c2-n2ncc(N)c2C(F)(F)F)o1. The summed E-state index contributed by atoms with van der Waals surface area (Å²) in [6.07, 6.45) is -4.12. The van der Waals surface area contributed by atoms with Crippen molar-refractivity contribution in [2.24, 2.45) is 0 Å². The van der Waals surface area contributed by atoms with Gasteiger partial charge in [-0.2, -0.15) is 18.3 Å². The van der Waals surface area contributed by atoms with Gasteiger partial charge in [0.1, 0.15) is 23.0 Å². The molecule has 2 aromatic heterocycles. The lowest BCUT2D eigenvalue weighted by Gasteiger charge is -2.15. The summed E-state index contributed by atoms with van der Waals surface area (Å²) < 4.78 is 73.2. The van der Waals surface area contributed by atoms with Crippen molar-refractivity contribution in [2.75, 3.05) is 5.73 Å². The Hall–Kier alpha value is -2.84. The number of halogens is 5. The van der Waals surface area contributed by atoms with Crippen molar-refractivity contribution in [1.29, 1.82) is 0 Å². The minimum absolute atomic E-state index is 0.00287. The number of aromatic nitrogens is 2. The van der Waals surface area contributed by atoms with Crippen molar-refractivity contribution >= 4 is 5.69 Å². The molecule has 9 heteroatoms. The van der Waals surface area contributed by atoms with Gasteiger partial charge in [0.15, 0.2) is 11.5 Å². The molecule has 0 atom stereocenters. The maximum atomic E-state index is 14.3. The Bertz CT molecular complexity index is 910. The maximum absolute atomic E-state index is 14.3. The zero-order valence-electron chi connectivity index (χ0n) is 12.2. The molecule has 0 spiro atoms. The topological polar surface area (TPSA) is 57.0 Å². The van der Waals surface area contributed by atoms with Crippen LogP contribution in [0.2, 0.25) is 0 Å². The lowest BCUT2D eigenvalue weighted by Crippen LogP contribution is -2.17. The molecular weight excluding hydrogens is 333 g/mol. The van der Waals surface area contributed by atoms with Crippen LogP contribution in [0.5, 0.6) is 0 Å². The number of nitrogens with two attached hydrogens (primary N) is 1. The third-order valence-corrected chi connectivity index (χ3v) is 3.31. The summed E-state index contributed by atoms with van der Waals surface area (Å²) in [4.78, 5) is 0. The van der Waals surface area contributed by atoms with Crippen LogP contribution in [0.4, 0.5) is 27.6 Å². The van der Waals surface area contributed by atoms with E-state index in [1.807, 2.05) is 0 Å². The number of alkyl halides is 3. The lowest BCUT2D eigenvalue weighted by atomic mass is 10.1. The Morgan fingerprint density at radius 2 is 1.88 bits per heavy atom. The van der Waals surface area contributed by atoms with Gasteiger partial charge in [-0.25, -0.2) is 13.5 Å².